The minimum absolute atomic E-state index is 0.176. The zero-order valence-corrected chi connectivity index (χ0v) is 11.6. The molecule has 0 radical (unpaired) electrons. The molecule has 0 amide bonds. The lowest BCUT2D eigenvalue weighted by atomic mass is 9.84. The molecule has 0 saturated heterocycles. The van der Waals surface area contributed by atoms with Crippen LogP contribution in [0.25, 0.3) is 0 Å². The zero-order valence-electron chi connectivity index (χ0n) is 11.6. The molecule has 3 nitrogen and oxygen atoms in total. The van der Waals surface area contributed by atoms with E-state index in [-0.39, 0.29) is 5.54 Å². The number of rotatable bonds is 4. The van der Waals surface area contributed by atoms with E-state index in [1.165, 1.54) is 24.0 Å². The smallest absolute Gasteiger partial charge is 0.164 e. The molecule has 0 aromatic heterocycles. The molecule has 0 heterocycles. The molecule has 1 saturated carbocycles. The molecule has 1 fully saturated rings. The summed E-state index contributed by atoms with van der Waals surface area (Å²) in [6.45, 7) is 2.14. The van der Waals surface area contributed by atoms with Crippen LogP contribution in [0.15, 0.2) is 12.1 Å². The van der Waals surface area contributed by atoms with Crippen LogP contribution in [0.2, 0.25) is 0 Å². The predicted molar refractivity (Wildman–Crippen MR) is 73.3 cm³/mol. The molecule has 18 heavy (non-hydrogen) atoms. The van der Waals surface area contributed by atoms with Crippen LogP contribution < -0.4 is 15.2 Å². The topological polar surface area (TPSA) is 44.5 Å². The number of ether oxygens (including phenoxy) is 2. The van der Waals surface area contributed by atoms with E-state index in [0.717, 1.165) is 30.8 Å². The zero-order chi connectivity index (χ0) is 13.2. The minimum Gasteiger partial charge on any atom is -0.493 e. The Balaban J connectivity index is 2.54. The summed E-state index contributed by atoms with van der Waals surface area (Å²) in [5, 5.41) is 0. The van der Waals surface area contributed by atoms with Gasteiger partial charge in [0.05, 0.1) is 14.2 Å². The summed E-state index contributed by atoms with van der Waals surface area (Å²) in [7, 11) is 3.36. The van der Waals surface area contributed by atoms with Gasteiger partial charge in [-0.15, -0.1) is 0 Å². The molecular formula is C15H23NO2. The fourth-order valence-corrected chi connectivity index (χ4v) is 3.08. The summed E-state index contributed by atoms with van der Waals surface area (Å²) in [6, 6.07) is 4.09. The number of benzene rings is 1. The van der Waals surface area contributed by atoms with E-state index in [1.807, 2.05) is 6.07 Å². The van der Waals surface area contributed by atoms with Crippen molar-refractivity contribution >= 4 is 0 Å². The number of nitrogens with two attached hydrogens (primary N) is 1. The van der Waals surface area contributed by atoms with Gasteiger partial charge in [-0.3, -0.25) is 0 Å². The Kier molecular flexibility index (Phi) is 3.81. The summed E-state index contributed by atoms with van der Waals surface area (Å²) >= 11 is 0. The van der Waals surface area contributed by atoms with E-state index < -0.39 is 0 Å². The van der Waals surface area contributed by atoms with Crippen molar-refractivity contribution in [3.8, 4) is 11.5 Å². The van der Waals surface area contributed by atoms with Gasteiger partial charge in [0.1, 0.15) is 0 Å². The van der Waals surface area contributed by atoms with E-state index in [9.17, 15) is 0 Å². The van der Waals surface area contributed by atoms with Crippen LogP contribution in [0.5, 0.6) is 11.5 Å². The van der Waals surface area contributed by atoms with Crippen molar-refractivity contribution in [1.29, 1.82) is 0 Å². The Morgan fingerprint density at radius 1 is 1.17 bits per heavy atom. The van der Waals surface area contributed by atoms with Crippen LogP contribution in [0.4, 0.5) is 0 Å². The highest BCUT2D eigenvalue weighted by Crippen LogP contribution is 2.43. The average Bonchev–Trinajstić information content (AvgIpc) is 2.84. The highest BCUT2D eigenvalue weighted by Gasteiger charge is 2.34. The second-order valence-electron chi connectivity index (χ2n) is 5.04. The second kappa shape index (κ2) is 5.19. The molecule has 100 valence electrons. The van der Waals surface area contributed by atoms with Gasteiger partial charge in [0.15, 0.2) is 11.5 Å². The third-order valence-electron chi connectivity index (χ3n) is 4.03. The van der Waals surface area contributed by atoms with Gasteiger partial charge in [0, 0.05) is 11.1 Å². The summed E-state index contributed by atoms with van der Waals surface area (Å²) in [6.07, 6.45) is 5.47. The van der Waals surface area contributed by atoms with Gasteiger partial charge in [-0.05, 0) is 30.9 Å². The van der Waals surface area contributed by atoms with Gasteiger partial charge in [0.25, 0.3) is 0 Å². The highest BCUT2D eigenvalue weighted by atomic mass is 16.5. The van der Waals surface area contributed by atoms with Gasteiger partial charge in [-0.25, -0.2) is 0 Å². The largest absolute Gasteiger partial charge is 0.493 e. The van der Waals surface area contributed by atoms with Crippen molar-refractivity contribution in [2.75, 3.05) is 14.2 Å². The molecule has 3 heteroatoms. The Hall–Kier alpha value is -1.22. The SMILES string of the molecule is CCc1c(C2(N)CCCC2)ccc(OC)c1OC. The van der Waals surface area contributed by atoms with Crippen LogP contribution >= 0.6 is 0 Å². The van der Waals surface area contributed by atoms with Crippen LogP contribution in [0.3, 0.4) is 0 Å². The number of hydrogen-bond acceptors (Lipinski definition) is 3. The van der Waals surface area contributed by atoms with Gasteiger partial charge in [-0.2, -0.15) is 0 Å². The van der Waals surface area contributed by atoms with Crippen molar-refractivity contribution in [2.24, 2.45) is 5.73 Å². The first-order valence-corrected chi connectivity index (χ1v) is 6.69. The van der Waals surface area contributed by atoms with Crippen molar-refractivity contribution in [3.05, 3.63) is 23.3 Å². The molecule has 1 aromatic rings. The van der Waals surface area contributed by atoms with E-state index in [1.54, 1.807) is 14.2 Å². The summed E-state index contributed by atoms with van der Waals surface area (Å²) in [4.78, 5) is 0. The van der Waals surface area contributed by atoms with Crippen LogP contribution in [0.1, 0.15) is 43.7 Å². The Labute approximate surface area is 109 Å². The fourth-order valence-electron chi connectivity index (χ4n) is 3.08. The minimum atomic E-state index is -0.176. The van der Waals surface area contributed by atoms with Crippen molar-refractivity contribution in [2.45, 2.75) is 44.6 Å². The molecule has 2 N–H and O–H groups in total. The first-order valence-electron chi connectivity index (χ1n) is 6.69. The van der Waals surface area contributed by atoms with Crippen molar-refractivity contribution in [1.82, 2.24) is 0 Å². The van der Waals surface area contributed by atoms with E-state index >= 15 is 0 Å². The molecule has 0 aliphatic heterocycles. The second-order valence-corrected chi connectivity index (χ2v) is 5.04. The van der Waals surface area contributed by atoms with Crippen LogP contribution in [-0.4, -0.2) is 14.2 Å². The molecule has 1 aliphatic rings. The third kappa shape index (κ3) is 2.07. The van der Waals surface area contributed by atoms with Crippen molar-refractivity contribution < 1.29 is 9.47 Å². The fraction of sp³-hybridized carbons (Fsp3) is 0.600. The highest BCUT2D eigenvalue weighted by molar-refractivity contribution is 5.53. The molecular weight excluding hydrogens is 226 g/mol. The molecule has 0 unspecified atom stereocenters. The first kappa shape index (κ1) is 13.2. The Morgan fingerprint density at radius 2 is 1.83 bits per heavy atom. The maximum Gasteiger partial charge on any atom is 0.164 e. The van der Waals surface area contributed by atoms with Gasteiger partial charge in [-0.1, -0.05) is 25.8 Å². The Bertz CT molecular complexity index is 423. The quantitative estimate of drug-likeness (QED) is 0.892. The normalized spacial score (nSPS) is 17.8. The van der Waals surface area contributed by atoms with Gasteiger partial charge < -0.3 is 15.2 Å². The maximum atomic E-state index is 6.58. The van der Waals surface area contributed by atoms with E-state index in [0.29, 0.717) is 0 Å². The maximum absolute atomic E-state index is 6.58. The van der Waals surface area contributed by atoms with Gasteiger partial charge >= 0.3 is 0 Å². The summed E-state index contributed by atoms with van der Waals surface area (Å²) in [5.74, 6) is 1.63. The summed E-state index contributed by atoms with van der Waals surface area (Å²) < 4.78 is 10.9. The lowest BCUT2D eigenvalue weighted by molar-refractivity contribution is 0.348. The standard InChI is InChI=1S/C15H23NO2/c1-4-11-12(15(16)9-5-6-10-15)7-8-13(17-2)14(11)18-3/h7-8H,4-6,9-10,16H2,1-3H3. The predicted octanol–water partition coefficient (Wildman–Crippen LogP) is 2.99. The molecule has 0 bridgehead atoms. The van der Waals surface area contributed by atoms with Crippen LogP contribution in [-0.2, 0) is 12.0 Å². The lowest BCUT2D eigenvalue weighted by Crippen LogP contribution is -2.34. The van der Waals surface area contributed by atoms with E-state index in [2.05, 4.69) is 13.0 Å². The molecule has 0 atom stereocenters. The Morgan fingerprint density at radius 3 is 2.33 bits per heavy atom. The summed E-state index contributed by atoms with van der Waals surface area (Å²) in [5.41, 5.74) is 8.83. The molecule has 0 spiro atoms. The molecule has 1 aliphatic carbocycles. The number of hydrogen-bond donors (Lipinski definition) is 1. The average molecular weight is 249 g/mol. The lowest BCUT2D eigenvalue weighted by Gasteiger charge is -2.28. The monoisotopic (exact) mass is 249 g/mol. The molecule has 2 rings (SSSR count). The van der Waals surface area contributed by atoms with Crippen LogP contribution in [0, 0.1) is 0 Å². The molecule has 1 aromatic carbocycles. The third-order valence-corrected chi connectivity index (χ3v) is 4.03. The first-order chi connectivity index (χ1) is 8.66. The van der Waals surface area contributed by atoms with Gasteiger partial charge in [0.2, 0.25) is 0 Å². The number of methoxy groups -OCH3 is 2. The van der Waals surface area contributed by atoms with E-state index in [4.69, 9.17) is 15.2 Å². The van der Waals surface area contributed by atoms with Crippen molar-refractivity contribution in [3.63, 3.8) is 0 Å².